The zero-order valence-corrected chi connectivity index (χ0v) is 48.5. The summed E-state index contributed by atoms with van der Waals surface area (Å²) in [6.07, 6.45) is 7.73. The van der Waals surface area contributed by atoms with Crippen LogP contribution in [0.1, 0.15) is 95.9 Å². The highest BCUT2D eigenvalue weighted by Crippen LogP contribution is 2.40. The van der Waals surface area contributed by atoms with Crippen LogP contribution < -0.4 is 30.9 Å². The third-order valence-corrected chi connectivity index (χ3v) is 18.5. The summed E-state index contributed by atoms with van der Waals surface area (Å²) in [7, 11) is -3.87. The van der Waals surface area contributed by atoms with Crippen LogP contribution in [-0.4, -0.2) is 185 Å². The minimum Gasteiger partial charge on any atom is -0.492 e. The Labute approximate surface area is 469 Å². The van der Waals surface area contributed by atoms with Gasteiger partial charge in [0.25, 0.3) is 5.91 Å². The fourth-order valence-electron chi connectivity index (χ4n) is 11.0. The van der Waals surface area contributed by atoms with Crippen LogP contribution in [0.25, 0.3) is 10.9 Å². The molecule has 3 saturated heterocycles. The van der Waals surface area contributed by atoms with E-state index in [4.69, 9.17) is 30.8 Å². The van der Waals surface area contributed by atoms with E-state index in [1.807, 2.05) is 16.0 Å². The Kier molecular flexibility index (Phi) is 17.2. The molecule has 0 aliphatic carbocycles. The number of amides is 2. The lowest BCUT2D eigenvalue weighted by atomic mass is 9.91. The summed E-state index contributed by atoms with van der Waals surface area (Å²) in [5.74, 6) is 1.03. The molecule has 7 heterocycles. The molecule has 4 aliphatic rings. The zero-order chi connectivity index (χ0) is 57.3. The summed E-state index contributed by atoms with van der Waals surface area (Å²) in [5, 5.41) is 15.1. The molecule has 428 valence electrons. The number of carbonyl (C=O) groups is 2. The quantitative estimate of drug-likeness (QED) is 0.0666. The average Bonchev–Trinajstić information content (AvgIpc) is 3.79. The molecule has 0 saturated carbocycles. The van der Waals surface area contributed by atoms with Gasteiger partial charge in [0.2, 0.25) is 11.9 Å². The number of sulfone groups is 1. The van der Waals surface area contributed by atoms with Crippen molar-refractivity contribution in [2.75, 3.05) is 107 Å². The number of ether oxygens (including phenoxy) is 1. The lowest BCUT2D eigenvalue weighted by molar-refractivity contribution is -0.120. The number of hydrogen-bond acceptors (Lipinski definition) is 18. The van der Waals surface area contributed by atoms with Crippen molar-refractivity contribution in [2.24, 2.45) is 5.73 Å². The van der Waals surface area contributed by atoms with Gasteiger partial charge in [0.15, 0.2) is 9.84 Å². The number of fused-ring (bicyclic) bond motifs is 2. The van der Waals surface area contributed by atoms with Gasteiger partial charge in [0, 0.05) is 143 Å². The van der Waals surface area contributed by atoms with Gasteiger partial charge in [-0.05, 0) is 96.7 Å². The van der Waals surface area contributed by atoms with Gasteiger partial charge in [-0.1, -0.05) is 26.0 Å². The Bertz CT molecular complexity index is 3240. The van der Waals surface area contributed by atoms with Crippen LogP contribution in [0.15, 0.2) is 83.7 Å². The molecule has 2 amide bonds. The molecule has 9 rings (SSSR count). The smallest absolute Gasteiger partial charge is 0.257 e. The van der Waals surface area contributed by atoms with E-state index in [-0.39, 0.29) is 70.0 Å². The van der Waals surface area contributed by atoms with E-state index < -0.39 is 14.6 Å². The molecule has 80 heavy (non-hydrogen) atoms. The molecule has 4 aliphatic heterocycles. The molecule has 5 aromatic rings. The summed E-state index contributed by atoms with van der Waals surface area (Å²) < 4.78 is 46.6. The van der Waals surface area contributed by atoms with Crippen LogP contribution in [-0.2, 0) is 26.5 Å². The number of nitrogens with zero attached hydrogens (tertiary/aromatic N) is 11. The molecule has 0 spiro atoms. The normalized spacial score (nSPS) is 20.6. The summed E-state index contributed by atoms with van der Waals surface area (Å²) in [4.78, 5) is 64.1. The van der Waals surface area contributed by atoms with Crippen molar-refractivity contribution in [3.05, 3.63) is 107 Å². The minimum absolute atomic E-state index is 0.0289. The van der Waals surface area contributed by atoms with E-state index >= 15 is 0 Å². The molecule has 0 unspecified atom stereocenters. The fraction of sp³-hybridized carbons (Fsp3) is 0.517. The molecule has 0 radical (unpaired) electrons. The summed E-state index contributed by atoms with van der Waals surface area (Å²) >= 11 is 0. The second-order valence-corrected chi connectivity index (χ2v) is 26.3. The number of nitrogens with two attached hydrogens (primary N) is 1. The third kappa shape index (κ3) is 12.9. The van der Waals surface area contributed by atoms with Crippen molar-refractivity contribution in [3.8, 4) is 5.75 Å². The Morgan fingerprint density at radius 1 is 0.912 bits per heavy atom. The number of nitrogens with one attached hydrogen (secondary N) is 3. The third-order valence-electron chi connectivity index (χ3n) is 16.0. The van der Waals surface area contributed by atoms with Crippen LogP contribution in [0.3, 0.4) is 0 Å². The minimum atomic E-state index is -3.87. The largest absolute Gasteiger partial charge is 0.492 e. The highest BCUT2D eigenvalue weighted by molar-refractivity contribution is 7.92. The molecular formula is C58H78FN15O5S. The van der Waals surface area contributed by atoms with Gasteiger partial charge in [-0.2, -0.15) is 0 Å². The van der Waals surface area contributed by atoms with Gasteiger partial charge in [-0.25, -0.2) is 32.7 Å². The molecule has 2 aromatic carbocycles. The first kappa shape index (κ1) is 58.0. The second kappa shape index (κ2) is 23.8. The van der Waals surface area contributed by atoms with E-state index in [1.165, 1.54) is 24.5 Å². The van der Waals surface area contributed by atoms with Gasteiger partial charge < -0.3 is 41.2 Å². The molecule has 5 N–H and O–H groups in total. The van der Waals surface area contributed by atoms with Crippen molar-refractivity contribution in [2.45, 2.75) is 108 Å². The van der Waals surface area contributed by atoms with E-state index in [1.54, 1.807) is 65.2 Å². The number of allylic oxidation sites excluding steroid dienone is 1. The van der Waals surface area contributed by atoms with Crippen LogP contribution in [0.2, 0.25) is 0 Å². The van der Waals surface area contributed by atoms with E-state index in [2.05, 4.69) is 74.0 Å². The number of pyridine rings is 1. The Morgan fingerprint density at radius 2 is 1.64 bits per heavy atom. The van der Waals surface area contributed by atoms with Crippen molar-refractivity contribution < 1.29 is 27.1 Å². The number of halogens is 1. The Balaban J connectivity index is 0.746. The zero-order valence-electron chi connectivity index (χ0n) is 47.7. The van der Waals surface area contributed by atoms with Crippen molar-refractivity contribution in [1.29, 1.82) is 5.41 Å². The first-order valence-electron chi connectivity index (χ1n) is 27.7. The number of rotatable bonds is 17. The number of aromatic nitrogens is 5. The maximum atomic E-state index is 14.4. The standard InChI is InChI=1S/C58H78FN15O5S/c1-37-31-73(34-51(75)74-35-58(8,9)52-48(74)24-42(27-63-52)23-41-11-13-44(59)14-12-41)45(30-62-37)33-71-20-21-72(32-38(71)2)56-64-28-43(29-65-56)55(76)70-18-16-69(17-19-70)15-10-22-79-49-26-47-46(25-50(49)80(77,78)57(5,6)7)54(67-36-66-47)68-53(61)39(3)40(4)60/h11-14,24-29,36-38,45,60,62H,10,15-23,30-35,61H2,1-9H3,(H,66,67,68)/b53-39+,60-40?/t37-,38-,45-/m1/s1. The molecular weight excluding hydrogens is 1040 g/mol. The summed E-state index contributed by atoms with van der Waals surface area (Å²) in [6, 6.07) is 12.3. The van der Waals surface area contributed by atoms with Crippen molar-refractivity contribution in [3.63, 3.8) is 0 Å². The number of anilines is 3. The van der Waals surface area contributed by atoms with Gasteiger partial charge in [0.05, 0.1) is 40.4 Å². The Hall–Kier alpha value is -6.72. The molecule has 0 bridgehead atoms. The van der Waals surface area contributed by atoms with E-state index in [0.717, 1.165) is 61.8 Å². The monoisotopic (exact) mass is 1120 g/mol. The first-order chi connectivity index (χ1) is 37.9. The maximum absolute atomic E-state index is 14.4. The van der Waals surface area contributed by atoms with Crippen LogP contribution in [0.5, 0.6) is 5.75 Å². The summed E-state index contributed by atoms with van der Waals surface area (Å²) in [6.45, 7) is 25.7. The predicted molar refractivity (Wildman–Crippen MR) is 310 cm³/mol. The average molecular weight is 1120 g/mol. The van der Waals surface area contributed by atoms with Gasteiger partial charge in [-0.3, -0.25) is 29.3 Å². The highest BCUT2D eigenvalue weighted by atomic mass is 32.2. The van der Waals surface area contributed by atoms with Crippen LogP contribution in [0, 0.1) is 11.2 Å². The van der Waals surface area contributed by atoms with E-state index in [9.17, 15) is 22.4 Å². The Morgan fingerprint density at radius 3 is 2.33 bits per heavy atom. The molecule has 3 fully saturated rings. The number of benzene rings is 2. The lowest BCUT2D eigenvalue weighted by Crippen LogP contribution is -2.63. The molecule has 3 atom stereocenters. The van der Waals surface area contributed by atoms with Gasteiger partial charge in [-0.15, -0.1) is 0 Å². The topological polar surface area (TPSA) is 235 Å². The number of piperazine rings is 3. The first-order valence-corrected chi connectivity index (χ1v) is 29.2. The summed E-state index contributed by atoms with van der Waals surface area (Å²) in [5.41, 5.74) is 11.4. The van der Waals surface area contributed by atoms with Gasteiger partial charge >= 0.3 is 0 Å². The van der Waals surface area contributed by atoms with Crippen LogP contribution in [0.4, 0.5) is 21.8 Å². The van der Waals surface area contributed by atoms with E-state index in [0.29, 0.717) is 92.5 Å². The molecule has 3 aromatic heterocycles. The van der Waals surface area contributed by atoms with Crippen LogP contribution >= 0.6 is 0 Å². The molecule has 22 heteroatoms. The van der Waals surface area contributed by atoms with Crippen molar-refractivity contribution in [1.82, 2.24) is 49.8 Å². The lowest BCUT2D eigenvalue weighted by Gasteiger charge is -2.45. The number of hydrogen-bond donors (Lipinski definition) is 4. The van der Waals surface area contributed by atoms with Gasteiger partial charge in [0.1, 0.15) is 34.4 Å². The fourth-order valence-corrected chi connectivity index (χ4v) is 12.3. The maximum Gasteiger partial charge on any atom is 0.257 e. The predicted octanol–water partition coefficient (Wildman–Crippen LogP) is 5.48. The van der Waals surface area contributed by atoms with Crippen molar-refractivity contribution >= 4 is 55.7 Å². The molecule has 20 nitrogen and oxygen atoms in total. The second-order valence-electron chi connectivity index (χ2n) is 23.6. The number of carbonyl (C=O) groups excluding carboxylic acids is 2. The SMILES string of the molecule is CC(=N)/C(C)=C(\N)Nc1ncnc2cc(OCCCN3CCN(C(=O)c4cnc(N5CCN(C[C@H]6CN[C@H](C)CN6CC(=O)N6CC(C)(C)c7ncc(Cc8ccc(F)cc8)cc76)[C@H](C)C5)nc4)CC3)c(S(=O)(=O)C(C)(C)C)cc12. The highest BCUT2D eigenvalue weighted by Gasteiger charge is 2.42.